The van der Waals surface area contributed by atoms with Gasteiger partial charge in [0.05, 0.1) is 6.54 Å². The van der Waals surface area contributed by atoms with Gasteiger partial charge in [0.2, 0.25) is 0 Å². The number of hydrogen-bond donors (Lipinski definition) is 1. The van der Waals surface area contributed by atoms with E-state index in [9.17, 15) is 0 Å². The molecule has 3 heteroatoms. The van der Waals surface area contributed by atoms with Crippen LogP contribution in [0.4, 0.5) is 0 Å². The molecule has 0 aliphatic carbocycles. The lowest BCUT2D eigenvalue weighted by Gasteiger charge is -2.07. The van der Waals surface area contributed by atoms with Crippen LogP contribution in [0.5, 0.6) is 0 Å². The van der Waals surface area contributed by atoms with Crippen LogP contribution in [0.2, 0.25) is 10.0 Å². The third kappa shape index (κ3) is 2.16. The lowest BCUT2D eigenvalue weighted by molar-refractivity contribution is -0.676. The fourth-order valence-electron chi connectivity index (χ4n) is 1.87. The molecule has 70 valence electrons. The predicted molar refractivity (Wildman–Crippen MR) is 55.2 cm³/mol. The van der Waals surface area contributed by atoms with Gasteiger partial charge in [0.15, 0.2) is 0 Å². The molecule has 1 fully saturated rings. The first kappa shape index (κ1) is 9.32. The van der Waals surface area contributed by atoms with Crippen molar-refractivity contribution in [3.8, 4) is 0 Å². The van der Waals surface area contributed by atoms with Gasteiger partial charge in [-0.05, 0) is 18.2 Å². The van der Waals surface area contributed by atoms with E-state index in [0.29, 0.717) is 6.04 Å². The molecule has 2 rings (SSSR count). The third-order valence-corrected chi connectivity index (χ3v) is 2.92. The number of hydrogen-bond acceptors (Lipinski definition) is 0. The van der Waals surface area contributed by atoms with Gasteiger partial charge in [-0.15, -0.1) is 0 Å². The monoisotopic (exact) mass is 216 g/mol. The molecule has 0 bridgehead atoms. The fraction of sp³-hybridized carbons (Fsp3) is 0.400. The smallest absolute Gasteiger partial charge is 0.112 e. The van der Waals surface area contributed by atoms with Crippen LogP contribution in [-0.4, -0.2) is 6.54 Å². The molecular weight excluding hydrogens is 205 g/mol. The van der Waals surface area contributed by atoms with Gasteiger partial charge in [0.25, 0.3) is 0 Å². The van der Waals surface area contributed by atoms with Crippen molar-refractivity contribution in [2.24, 2.45) is 0 Å². The van der Waals surface area contributed by atoms with Gasteiger partial charge < -0.3 is 5.32 Å². The largest absolute Gasteiger partial charge is 0.340 e. The van der Waals surface area contributed by atoms with Crippen LogP contribution in [-0.2, 0) is 0 Å². The van der Waals surface area contributed by atoms with E-state index in [2.05, 4.69) is 5.32 Å². The van der Waals surface area contributed by atoms with Crippen LogP contribution in [0, 0.1) is 0 Å². The molecule has 0 spiro atoms. The van der Waals surface area contributed by atoms with E-state index in [1.807, 2.05) is 12.1 Å². The summed E-state index contributed by atoms with van der Waals surface area (Å²) < 4.78 is 0. The Kier molecular flexibility index (Phi) is 2.77. The molecule has 1 saturated heterocycles. The van der Waals surface area contributed by atoms with Gasteiger partial charge in [0.1, 0.15) is 6.04 Å². The maximum absolute atomic E-state index is 5.93. The molecule has 1 atom stereocenters. The molecule has 1 heterocycles. The molecule has 0 unspecified atom stereocenters. The minimum absolute atomic E-state index is 0.566. The van der Waals surface area contributed by atoms with Crippen molar-refractivity contribution in [2.45, 2.75) is 18.9 Å². The van der Waals surface area contributed by atoms with Crippen molar-refractivity contribution < 1.29 is 5.32 Å². The number of quaternary nitrogens is 1. The lowest BCUT2D eigenvalue weighted by Crippen LogP contribution is -2.81. The first-order valence-electron chi connectivity index (χ1n) is 4.55. The van der Waals surface area contributed by atoms with E-state index in [1.54, 1.807) is 6.07 Å². The second kappa shape index (κ2) is 3.87. The highest BCUT2D eigenvalue weighted by atomic mass is 35.5. The van der Waals surface area contributed by atoms with Crippen LogP contribution in [0.1, 0.15) is 24.4 Å². The number of nitrogens with two attached hydrogens (primary N) is 1. The Morgan fingerprint density at radius 2 is 1.85 bits per heavy atom. The highest BCUT2D eigenvalue weighted by Gasteiger charge is 2.20. The second-order valence-electron chi connectivity index (χ2n) is 3.48. The maximum Gasteiger partial charge on any atom is 0.112 e. The van der Waals surface area contributed by atoms with E-state index < -0.39 is 0 Å². The summed E-state index contributed by atoms with van der Waals surface area (Å²) >= 11 is 11.9. The zero-order valence-electron chi connectivity index (χ0n) is 7.26. The molecule has 1 aliphatic rings. The third-order valence-electron chi connectivity index (χ3n) is 2.48. The Morgan fingerprint density at radius 3 is 2.38 bits per heavy atom. The second-order valence-corrected chi connectivity index (χ2v) is 4.35. The van der Waals surface area contributed by atoms with E-state index in [4.69, 9.17) is 23.2 Å². The van der Waals surface area contributed by atoms with E-state index >= 15 is 0 Å². The first-order chi connectivity index (χ1) is 6.25. The Bertz CT molecular complexity index is 286. The Labute approximate surface area is 88.0 Å². The summed E-state index contributed by atoms with van der Waals surface area (Å²) in [5.74, 6) is 0. The molecule has 0 saturated carbocycles. The van der Waals surface area contributed by atoms with Gasteiger partial charge in [-0.2, -0.15) is 0 Å². The molecule has 0 amide bonds. The van der Waals surface area contributed by atoms with Crippen LogP contribution in [0.3, 0.4) is 0 Å². The summed E-state index contributed by atoms with van der Waals surface area (Å²) in [6.45, 7) is 1.22. The normalized spacial score (nSPS) is 22.2. The topological polar surface area (TPSA) is 16.6 Å². The summed E-state index contributed by atoms with van der Waals surface area (Å²) in [4.78, 5) is 0. The zero-order chi connectivity index (χ0) is 9.26. The van der Waals surface area contributed by atoms with E-state index in [-0.39, 0.29) is 0 Å². The van der Waals surface area contributed by atoms with Gasteiger partial charge >= 0.3 is 0 Å². The number of halogens is 2. The Balaban J connectivity index is 2.28. The molecule has 0 aromatic heterocycles. The van der Waals surface area contributed by atoms with Gasteiger partial charge in [-0.1, -0.05) is 23.2 Å². The highest BCUT2D eigenvalue weighted by molar-refractivity contribution is 6.34. The molecule has 1 aromatic rings. The average Bonchev–Trinajstić information content (AvgIpc) is 2.53. The average molecular weight is 217 g/mol. The van der Waals surface area contributed by atoms with Crippen LogP contribution < -0.4 is 5.32 Å². The van der Waals surface area contributed by atoms with Crippen LogP contribution in [0.15, 0.2) is 18.2 Å². The standard InChI is InChI=1S/C10H11Cl2N/c11-8-4-7(5-9(12)6-8)10-2-1-3-13-10/h4-6,10,13H,1-3H2/p+1/t10-/m0/s1. The molecule has 1 aliphatic heterocycles. The SMILES string of the molecule is Clc1cc(Cl)cc([C@@H]2CCC[NH2+]2)c1. The molecule has 1 aromatic carbocycles. The Morgan fingerprint density at radius 1 is 1.15 bits per heavy atom. The predicted octanol–water partition coefficient (Wildman–Crippen LogP) is 2.39. The summed E-state index contributed by atoms with van der Waals surface area (Å²) in [7, 11) is 0. The lowest BCUT2D eigenvalue weighted by atomic mass is 10.1. The van der Waals surface area contributed by atoms with E-state index in [1.165, 1.54) is 24.9 Å². The van der Waals surface area contributed by atoms with Crippen molar-refractivity contribution in [3.05, 3.63) is 33.8 Å². The Hall–Kier alpha value is -0.240. The minimum atomic E-state index is 0.566. The van der Waals surface area contributed by atoms with Crippen molar-refractivity contribution in [1.29, 1.82) is 0 Å². The van der Waals surface area contributed by atoms with Crippen LogP contribution in [0.25, 0.3) is 0 Å². The molecule has 13 heavy (non-hydrogen) atoms. The summed E-state index contributed by atoms with van der Waals surface area (Å²) in [6, 6.07) is 6.37. The zero-order valence-corrected chi connectivity index (χ0v) is 8.78. The van der Waals surface area contributed by atoms with E-state index in [0.717, 1.165) is 10.0 Å². The summed E-state index contributed by atoms with van der Waals surface area (Å²) in [5.41, 5.74) is 1.26. The van der Waals surface area contributed by atoms with Crippen molar-refractivity contribution in [1.82, 2.24) is 0 Å². The highest BCUT2D eigenvalue weighted by Crippen LogP contribution is 2.25. The van der Waals surface area contributed by atoms with Crippen LogP contribution >= 0.6 is 23.2 Å². The van der Waals surface area contributed by atoms with Crippen molar-refractivity contribution >= 4 is 23.2 Å². The molecule has 1 nitrogen and oxygen atoms in total. The van der Waals surface area contributed by atoms with Crippen molar-refractivity contribution in [3.63, 3.8) is 0 Å². The van der Waals surface area contributed by atoms with Crippen molar-refractivity contribution in [2.75, 3.05) is 6.54 Å². The van der Waals surface area contributed by atoms with Gasteiger partial charge in [-0.3, -0.25) is 0 Å². The molecule has 0 radical (unpaired) electrons. The number of rotatable bonds is 1. The fourth-order valence-corrected chi connectivity index (χ4v) is 2.41. The van der Waals surface area contributed by atoms with Gasteiger partial charge in [-0.25, -0.2) is 0 Å². The minimum Gasteiger partial charge on any atom is -0.340 e. The molecule has 2 N–H and O–H groups in total. The molecular formula is C10H12Cl2N+. The number of benzene rings is 1. The summed E-state index contributed by atoms with van der Waals surface area (Å²) in [6.07, 6.45) is 2.52. The van der Waals surface area contributed by atoms with Gasteiger partial charge in [0, 0.05) is 28.5 Å². The maximum atomic E-state index is 5.93. The quantitative estimate of drug-likeness (QED) is 0.743. The first-order valence-corrected chi connectivity index (χ1v) is 5.30. The summed E-state index contributed by atoms with van der Waals surface area (Å²) in [5, 5.41) is 3.83.